The van der Waals surface area contributed by atoms with Crippen LogP contribution in [0.3, 0.4) is 0 Å². The minimum Gasteiger partial charge on any atom is -0.360 e. The molecule has 6 heteroatoms. The second-order valence-corrected chi connectivity index (χ2v) is 4.90. The molecule has 0 spiro atoms. The summed E-state index contributed by atoms with van der Waals surface area (Å²) in [6.45, 7) is 4.90. The summed E-state index contributed by atoms with van der Waals surface area (Å²) in [5.74, 6) is 0. The molecular formula is C8H10N4S2. The molecular weight excluding hydrogens is 216 g/mol. The summed E-state index contributed by atoms with van der Waals surface area (Å²) in [6.07, 6.45) is 1.84. The van der Waals surface area contributed by atoms with Gasteiger partial charge in [-0.25, -0.2) is 4.98 Å². The van der Waals surface area contributed by atoms with Crippen molar-refractivity contribution in [2.45, 2.75) is 13.8 Å². The van der Waals surface area contributed by atoms with Gasteiger partial charge in [-0.1, -0.05) is 11.3 Å². The van der Waals surface area contributed by atoms with E-state index in [1.807, 2.05) is 20.0 Å². The van der Waals surface area contributed by atoms with Crippen LogP contribution in [0.25, 0.3) is 9.88 Å². The van der Waals surface area contributed by atoms with E-state index in [1.165, 1.54) is 0 Å². The van der Waals surface area contributed by atoms with E-state index in [0.717, 1.165) is 26.6 Å². The third-order valence-corrected chi connectivity index (χ3v) is 3.55. The highest BCUT2D eigenvalue weighted by molar-refractivity contribution is 7.23. The van der Waals surface area contributed by atoms with Gasteiger partial charge in [0.1, 0.15) is 0 Å². The fourth-order valence-electron chi connectivity index (χ4n) is 1.01. The van der Waals surface area contributed by atoms with Crippen LogP contribution >= 0.6 is 22.7 Å². The van der Waals surface area contributed by atoms with E-state index in [0.29, 0.717) is 0 Å². The normalized spacial score (nSPS) is 10.4. The van der Waals surface area contributed by atoms with Crippen molar-refractivity contribution in [2.24, 2.45) is 0 Å². The molecule has 14 heavy (non-hydrogen) atoms. The molecule has 0 bridgehead atoms. The molecule has 0 radical (unpaired) electrons. The van der Waals surface area contributed by atoms with E-state index < -0.39 is 0 Å². The topological polar surface area (TPSA) is 50.7 Å². The van der Waals surface area contributed by atoms with Crippen molar-refractivity contribution >= 4 is 27.8 Å². The Morgan fingerprint density at radius 1 is 1.36 bits per heavy atom. The molecule has 0 saturated carbocycles. The lowest BCUT2D eigenvalue weighted by atomic mass is 10.6. The van der Waals surface area contributed by atoms with E-state index >= 15 is 0 Å². The minimum atomic E-state index is 0.869. The molecule has 2 aromatic heterocycles. The van der Waals surface area contributed by atoms with Crippen LogP contribution in [0.15, 0.2) is 6.20 Å². The number of nitrogens with zero attached hydrogens (tertiary/aromatic N) is 3. The highest BCUT2D eigenvalue weighted by Gasteiger charge is 2.08. The molecule has 0 fully saturated rings. The SMILES string of the molecule is CCNc1nnc(-c2cnc(C)s2)s1. The first kappa shape index (κ1) is 9.54. The van der Waals surface area contributed by atoms with Gasteiger partial charge < -0.3 is 5.32 Å². The van der Waals surface area contributed by atoms with Crippen LogP contribution in [0, 0.1) is 6.92 Å². The van der Waals surface area contributed by atoms with E-state index in [9.17, 15) is 0 Å². The van der Waals surface area contributed by atoms with Gasteiger partial charge in [-0.2, -0.15) is 0 Å². The quantitative estimate of drug-likeness (QED) is 0.873. The summed E-state index contributed by atoms with van der Waals surface area (Å²) in [7, 11) is 0. The van der Waals surface area contributed by atoms with Gasteiger partial charge in [0.05, 0.1) is 9.88 Å². The molecule has 0 saturated heterocycles. The van der Waals surface area contributed by atoms with E-state index in [1.54, 1.807) is 22.7 Å². The minimum absolute atomic E-state index is 0.869. The lowest BCUT2D eigenvalue weighted by molar-refractivity contribution is 1.07. The summed E-state index contributed by atoms with van der Waals surface area (Å²) in [4.78, 5) is 5.27. The molecule has 0 amide bonds. The maximum absolute atomic E-state index is 4.19. The monoisotopic (exact) mass is 226 g/mol. The molecule has 2 aromatic rings. The van der Waals surface area contributed by atoms with Crippen LogP contribution in [0.4, 0.5) is 5.13 Å². The average Bonchev–Trinajstić information content (AvgIpc) is 2.74. The van der Waals surface area contributed by atoms with Gasteiger partial charge in [-0.05, 0) is 13.8 Å². The van der Waals surface area contributed by atoms with Crippen molar-refractivity contribution in [1.29, 1.82) is 0 Å². The van der Waals surface area contributed by atoms with E-state index in [4.69, 9.17) is 0 Å². The van der Waals surface area contributed by atoms with Crippen LogP contribution in [-0.2, 0) is 0 Å². The zero-order valence-electron chi connectivity index (χ0n) is 7.94. The summed E-state index contributed by atoms with van der Waals surface area (Å²) in [6, 6.07) is 0. The molecule has 0 aliphatic rings. The van der Waals surface area contributed by atoms with Gasteiger partial charge in [-0.3, -0.25) is 0 Å². The summed E-state index contributed by atoms with van der Waals surface area (Å²) in [5.41, 5.74) is 0. The molecule has 2 rings (SSSR count). The van der Waals surface area contributed by atoms with Crippen molar-refractivity contribution < 1.29 is 0 Å². The number of hydrogen-bond acceptors (Lipinski definition) is 6. The van der Waals surface area contributed by atoms with E-state index in [-0.39, 0.29) is 0 Å². The standard InChI is InChI=1S/C8H10N4S2/c1-3-9-8-12-11-7(14-8)6-4-10-5(2)13-6/h4H,3H2,1-2H3,(H,9,12). The largest absolute Gasteiger partial charge is 0.360 e. The van der Waals surface area contributed by atoms with Crippen molar-refractivity contribution in [2.75, 3.05) is 11.9 Å². The Kier molecular flexibility index (Phi) is 2.74. The second-order valence-electron chi connectivity index (χ2n) is 2.69. The molecule has 1 N–H and O–H groups in total. The predicted octanol–water partition coefficient (Wildman–Crippen LogP) is 2.40. The van der Waals surface area contributed by atoms with E-state index in [2.05, 4.69) is 20.5 Å². The highest BCUT2D eigenvalue weighted by Crippen LogP contribution is 2.30. The zero-order valence-corrected chi connectivity index (χ0v) is 9.58. The van der Waals surface area contributed by atoms with Crippen molar-refractivity contribution in [3.8, 4) is 9.88 Å². The number of nitrogens with one attached hydrogen (secondary N) is 1. The number of hydrogen-bond donors (Lipinski definition) is 1. The van der Waals surface area contributed by atoms with Crippen LogP contribution in [-0.4, -0.2) is 21.7 Å². The lowest BCUT2D eigenvalue weighted by Gasteiger charge is -1.91. The Balaban J connectivity index is 2.24. The molecule has 0 aliphatic heterocycles. The first-order valence-electron chi connectivity index (χ1n) is 4.29. The fraction of sp³-hybridized carbons (Fsp3) is 0.375. The first-order chi connectivity index (χ1) is 6.79. The fourth-order valence-corrected chi connectivity index (χ4v) is 2.63. The number of anilines is 1. The molecule has 0 aliphatic carbocycles. The predicted molar refractivity (Wildman–Crippen MR) is 59.9 cm³/mol. The average molecular weight is 226 g/mol. The Bertz CT molecular complexity index is 420. The van der Waals surface area contributed by atoms with Gasteiger partial charge in [0.25, 0.3) is 0 Å². The molecule has 74 valence electrons. The Hall–Kier alpha value is -1.01. The third kappa shape index (κ3) is 1.91. The zero-order chi connectivity index (χ0) is 9.97. The van der Waals surface area contributed by atoms with Gasteiger partial charge in [0.15, 0.2) is 5.01 Å². The summed E-state index contributed by atoms with van der Waals surface area (Å²) < 4.78 is 0. The van der Waals surface area contributed by atoms with Crippen LogP contribution in [0.2, 0.25) is 0 Å². The van der Waals surface area contributed by atoms with Gasteiger partial charge in [0, 0.05) is 12.7 Å². The Labute approximate surface area is 90.0 Å². The summed E-state index contributed by atoms with van der Waals surface area (Å²) >= 11 is 3.20. The highest BCUT2D eigenvalue weighted by atomic mass is 32.1. The van der Waals surface area contributed by atoms with Gasteiger partial charge in [-0.15, -0.1) is 21.5 Å². The molecule has 2 heterocycles. The summed E-state index contributed by atoms with van der Waals surface area (Å²) in [5, 5.41) is 14.1. The van der Waals surface area contributed by atoms with Crippen LogP contribution in [0.1, 0.15) is 11.9 Å². The number of aryl methyl sites for hydroxylation is 1. The van der Waals surface area contributed by atoms with Crippen LogP contribution < -0.4 is 5.32 Å². The molecule has 4 nitrogen and oxygen atoms in total. The lowest BCUT2D eigenvalue weighted by Crippen LogP contribution is -1.94. The Morgan fingerprint density at radius 3 is 2.86 bits per heavy atom. The van der Waals surface area contributed by atoms with Crippen LogP contribution in [0.5, 0.6) is 0 Å². The molecule has 0 atom stereocenters. The van der Waals surface area contributed by atoms with Crippen molar-refractivity contribution in [3.05, 3.63) is 11.2 Å². The third-order valence-electron chi connectivity index (χ3n) is 1.59. The van der Waals surface area contributed by atoms with Gasteiger partial charge >= 0.3 is 0 Å². The first-order valence-corrected chi connectivity index (χ1v) is 5.93. The Morgan fingerprint density at radius 2 is 2.21 bits per heavy atom. The van der Waals surface area contributed by atoms with Crippen molar-refractivity contribution in [3.63, 3.8) is 0 Å². The maximum Gasteiger partial charge on any atom is 0.206 e. The molecule has 0 unspecified atom stereocenters. The van der Waals surface area contributed by atoms with Crippen molar-refractivity contribution in [1.82, 2.24) is 15.2 Å². The second kappa shape index (κ2) is 4.02. The number of rotatable bonds is 3. The van der Waals surface area contributed by atoms with Gasteiger partial charge in [0.2, 0.25) is 5.13 Å². The maximum atomic E-state index is 4.19. The number of thiazole rings is 1. The smallest absolute Gasteiger partial charge is 0.206 e. The molecule has 0 aromatic carbocycles. The number of aromatic nitrogens is 3.